The first-order valence-electron chi connectivity index (χ1n) is 11.5. The molecule has 2 aliphatic rings. The molecule has 0 unspecified atom stereocenters. The largest absolute Gasteiger partial charge is 0.352 e. The number of hydrogen-bond donors (Lipinski definition) is 1. The van der Waals surface area contributed by atoms with Crippen LogP contribution < -0.4 is 10.2 Å². The molecule has 1 aromatic carbocycles. The van der Waals surface area contributed by atoms with Crippen LogP contribution >= 0.6 is 0 Å². The number of carbonyl (C=O) groups is 1. The minimum atomic E-state index is -0.0126. The van der Waals surface area contributed by atoms with Crippen molar-refractivity contribution in [2.75, 3.05) is 44.2 Å². The van der Waals surface area contributed by atoms with E-state index >= 15 is 0 Å². The van der Waals surface area contributed by atoms with Gasteiger partial charge in [-0.25, -0.2) is 9.97 Å². The number of nitrogens with one attached hydrogen (secondary N) is 1. The fourth-order valence-corrected chi connectivity index (χ4v) is 4.36. The molecule has 0 saturated carbocycles. The standard InChI is InChI=1S/C24H33N5O/c30-23(25-11-8-14-28-12-3-1-4-13-28)21-10-7-9-20(17-21)22-18-26-24(27-19-22)29-15-5-2-6-16-29/h7,9-10,17-19H,1-6,8,11-16H2,(H,25,30). The van der Waals surface area contributed by atoms with Gasteiger partial charge >= 0.3 is 0 Å². The Labute approximate surface area is 179 Å². The number of hydrogen-bond acceptors (Lipinski definition) is 5. The third-order valence-electron chi connectivity index (χ3n) is 6.12. The van der Waals surface area contributed by atoms with Crippen molar-refractivity contribution in [2.45, 2.75) is 44.9 Å². The van der Waals surface area contributed by atoms with Crippen LogP contribution in [0.1, 0.15) is 55.3 Å². The van der Waals surface area contributed by atoms with Gasteiger partial charge in [-0.15, -0.1) is 0 Å². The Morgan fingerprint density at radius 2 is 1.60 bits per heavy atom. The van der Waals surface area contributed by atoms with Crippen molar-refractivity contribution in [3.05, 3.63) is 42.2 Å². The molecule has 6 heteroatoms. The van der Waals surface area contributed by atoms with Crippen molar-refractivity contribution >= 4 is 11.9 Å². The molecular formula is C24H33N5O. The fourth-order valence-electron chi connectivity index (χ4n) is 4.36. The molecule has 0 atom stereocenters. The lowest BCUT2D eigenvalue weighted by Crippen LogP contribution is -2.33. The van der Waals surface area contributed by atoms with E-state index in [-0.39, 0.29) is 5.91 Å². The number of likely N-dealkylation sites (tertiary alicyclic amines) is 1. The Morgan fingerprint density at radius 1 is 0.900 bits per heavy atom. The van der Waals surface area contributed by atoms with Crippen molar-refractivity contribution in [1.29, 1.82) is 0 Å². The van der Waals surface area contributed by atoms with Crippen LogP contribution in [-0.4, -0.2) is 60.0 Å². The maximum Gasteiger partial charge on any atom is 0.251 e. The van der Waals surface area contributed by atoms with Crippen LogP contribution in [0, 0.1) is 0 Å². The van der Waals surface area contributed by atoms with Gasteiger partial charge in [-0.2, -0.15) is 0 Å². The lowest BCUT2D eigenvalue weighted by molar-refractivity contribution is 0.0951. The van der Waals surface area contributed by atoms with Crippen molar-refractivity contribution in [3.63, 3.8) is 0 Å². The van der Waals surface area contributed by atoms with E-state index in [0.717, 1.165) is 43.1 Å². The van der Waals surface area contributed by atoms with E-state index in [1.807, 2.05) is 36.7 Å². The molecule has 3 heterocycles. The van der Waals surface area contributed by atoms with Crippen LogP contribution in [0.25, 0.3) is 11.1 Å². The van der Waals surface area contributed by atoms with Gasteiger partial charge in [-0.1, -0.05) is 18.6 Å². The van der Waals surface area contributed by atoms with Crippen molar-refractivity contribution in [3.8, 4) is 11.1 Å². The number of rotatable bonds is 7. The van der Waals surface area contributed by atoms with E-state index in [1.165, 1.54) is 51.6 Å². The highest BCUT2D eigenvalue weighted by molar-refractivity contribution is 5.95. The normalized spacial score (nSPS) is 17.7. The highest BCUT2D eigenvalue weighted by Crippen LogP contribution is 2.21. The second-order valence-electron chi connectivity index (χ2n) is 8.41. The molecule has 0 spiro atoms. The lowest BCUT2D eigenvalue weighted by Gasteiger charge is -2.26. The maximum absolute atomic E-state index is 12.6. The monoisotopic (exact) mass is 407 g/mol. The third-order valence-corrected chi connectivity index (χ3v) is 6.12. The number of nitrogens with zero attached hydrogens (tertiary/aromatic N) is 4. The summed E-state index contributed by atoms with van der Waals surface area (Å²) in [5.41, 5.74) is 2.60. The van der Waals surface area contributed by atoms with Gasteiger partial charge in [0.1, 0.15) is 0 Å². The van der Waals surface area contributed by atoms with E-state index in [4.69, 9.17) is 0 Å². The second-order valence-corrected chi connectivity index (χ2v) is 8.41. The molecule has 0 aliphatic carbocycles. The summed E-state index contributed by atoms with van der Waals surface area (Å²) in [4.78, 5) is 26.5. The molecule has 4 rings (SSSR count). The number of piperidine rings is 2. The van der Waals surface area contributed by atoms with Gasteiger partial charge in [-0.05, 0) is 75.9 Å². The molecule has 30 heavy (non-hydrogen) atoms. The Kier molecular flexibility index (Phi) is 7.29. The molecule has 1 amide bonds. The van der Waals surface area contributed by atoms with Gasteiger partial charge in [0, 0.05) is 43.2 Å². The zero-order valence-corrected chi connectivity index (χ0v) is 17.9. The summed E-state index contributed by atoms with van der Waals surface area (Å²) in [7, 11) is 0. The van der Waals surface area contributed by atoms with Crippen LogP contribution in [0.3, 0.4) is 0 Å². The van der Waals surface area contributed by atoms with E-state index in [2.05, 4.69) is 25.1 Å². The zero-order chi connectivity index (χ0) is 20.6. The Hall–Kier alpha value is -2.47. The van der Waals surface area contributed by atoms with E-state index in [0.29, 0.717) is 12.1 Å². The van der Waals surface area contributed by atoms with Crippen molar-refractivity contribution in [1.82, 2.24) is 20.2 Å². The van der Waals surface area contributed by atoms with Crippen LogP contribution in [-0.2, 0) is 0 Å². The summed E-state index contributed by atoms with van der Waals surface area (Å²) in [5.74, 6) is 0.794. The topological polar surface area (TPSA) is 61.4 Å². The summed E-state index contributed by atoms with van der Waals surface area (Å²) in [6, 6.07) is 7.73. The highest BCUT2D eigenvalue weighted by Gasteiger charge is 2.14. The number of amides is 1. The van der Waals surface area contributed by atoms with Crippen LogP contribution in [0.4, 0.5) is 5.95 Å². The predicted molar refractivity (Wildman–Crippen MR) is 121 cm³/mol. The van der Waals surface area contributed by atoms with Gasteiger partial charge in [-0.3, -0.25) is 4.79 Å². The minimum Gasteiger partial charge on any atom is -0.352 e. The van der Waals surface area contributed by atoms with Gasteiger partial charge in [0.05, 0.1) is 0 Å². The maximum atomic E-state index is 12.6. The molecule has 6 nitrogen and oxygen atoms in total. The Balaban J connectivity index is 1.31. The number of carbonyl (C=O) groups excluding carboxylic acids is 1. The number of anilines is 1. The summed E-state index contributed by atoms with van der Waals surface area (Å²) in [5, 5.41) is 3.07. The molecule has 2 saturated heterocycles. The molecule has 0 bridgehead atoms. The molecule has 0 radical (unpaired) electrons. The third kappa shape index (κ3) is 5.57. The first-order valence-corrected chi connectivity index (χ1v) is 11.5. The molecule has 1 aromatic heterocycles. The van der Waals surface area contributed by atoms with Gasteiger partial charge in [0.25, 0.3) is 5.91 Å². The molecule has 1 N–H and O–H groups in total. The summed E-state index contributed by atoms with van der Waals surface area (Å²) >= 11 is 0. The lowest BCUT2D eigenvalue weighted by atomic mass is 10.1. The summed E-state index contributed by atoms with van der Waals surface area (Å²) < 4.78 is 0. The molecular weight excluding hydrogens is 374 g/mol. The average molecular weight is 408 g/mol. The highest BCUT2D eigenvalue weighted by atomic mass is 16.1. The minimum absolute atomic E-state index is 0.0126. The summed E-state index contributed by atoms with van der Waals surface area (Å²) in [6.45, 7) is 6.26. The molecule has 2 aliphatic heterocycles. The quantitative estimate of drug-likeness (QED) is 0.709. The molecule has 2 aromatic rings. The second kappa shape index (κ2) is 10.5. The molecule has 160 valence electrons. The fraction of sp³-hybridized carbons (Fsp3) is 0.542. The average Bonchev–Trinajstić information content (AvgIpc) is 2.83. The van der Waals surface area contributed by atoms with Crippen LogP contribution in [0.5, 0.6) is 0 Å². The number of benzene rings is 1. The van der Waals surface area contributed by atoms with Gasteiger partial charge < -0.3 is 15.1 Å². The first kappa shape index (κ1) is 20.8. The van der Waals surface area contributed by atoms with Crippen LogP contribution in [0.2, 0.25) is 0 Å². The number of aromatic nitrogens is 2. The van der Waals surface area contributed by atoms with Crippen molar-refractivity contribution < 1.29 is 4.79 Å². The Morgan fingerprint density at radius 3 is 2.33 bits per heavy atom. The first-order chi connectivity index (χ1) is 14.8. The van der Waals surface area contributed by atoms with Crippen LogP contribution in [0.15, 0.2) is 36.7 Å². The molecule has 2 fully saturated rings. The SMILES string of the molecule is O=C(NCCCN1CCCCC1)c1cccc(-c2cnc(N3CCCCC3)nc2)c1. The van der Waals surface area contributed by atoms with Gasteiger partial charge in [0.2, 0.25) is 5.95 Å². The predicted octanol–water partition coefficient (Wildman–Crippen LogP) is 3.74. The van der Waals surface area contributed by atoms with Gasteiger partial charge in [0.15, 0.2) is 0 Å². The van der Waals surface area contributed by atoms with E-state index in [9.17, 15) is 4.79 Å². The van der Waals surface area contributed by atoms with Crippen molar-refractivity contribution in [2.24, 2.45) is 0 Å². The van der Waals surface area contributed by atoms with E-state index < -0.39 is 0 Å². The Bertz CT molecular complexity index is 811. The zero-order valence-electron chi connectivity index (χ0n) is 17.9. The summed E-state index contributed by atoms with van der Waals surface area (Å²) in [6.07, 6.45) is 12.4. The van der Waals surface area contributed by atoms with E-state index in [1.54, 1.807) is 0 Å². The smallest absolute Gasteiger partial charge is 0.251 e.